The number of thiocarbonyl (C=S) groups is 1. The van der Waals surface area contributed by atoms with Crippen LogP contribution in [0.25, 0.3) is 0 Å². The summed E-state index contributed by atoms with van der Waals surface area (Å²) in [7, 11) is 1.44. The number of carbonyl (C=O) groups is 1. The molecule has 0 saturated heterocycles. The van der Waals surface area contributed by atoms with E-state index in [1.807, 2.05) is 19.1 Å². The van der Waals surface area contributed by atoms with Gasteiger partial charge in [0.25, 0.3) is 0 Å². The molecule has 0 radical (unpaired) electrons. The second-order valence-electron chi connectivity index (χ2n) is 6.68. The highest BCUT2D eigenvalue weighted by atomic mass is 35.5. The van der Waals surface area contributed by atoms with Crippen LogP contribution in [0.4, 0.5) is 0 Å². The first-order chi connectivity index (χ1) is 13.5. The largest absolute Gasteiger partial charge is 0.479 e. The van der Waals surface area contributed by atoms with Crippen molar-refractivity contribution in [2.24, 2.45) is 0 Å². The van der Waals surface area contributed by atoms with E-state index in [-0.39, 0.29) is 5.97 Å². The molecular formula is C21H32ClNO3S2. The Labute approximate surface area is 184 Å². The number of pyridine rings is 1. The van der Waals surface area contributed by atoms with E-state index in [1.54, 1.807) is 18.0 Å². The second kappa shape index (κ2) is 16.0. The van der Waals surface area contributed by atoms with Crippen LogP contribution in [0.3, 0.4) is 0 Å². The number of unbranched alkanes of at least 4 members (excludes halogenated alkanes) is 5. The Hall–Kier alpha value is -0.850. The molecule has 0 fully saturated rings. The van der Waals surface area contributed by atoms with E-state index in [0.29, 0.717) is 27.8 Å². The van der Waals surface area contributed by atoms with Crippen LogP contribution in [0.5, 0.6) is 0 Å². The quantitative estimate of drug-likeness (QED) is 0.143. The summed E-state index contributed by atoms with van der Waals surface area (Å²) in [6, 6.07) is 3.95. The summed E-state index contributed by atoms with van der Waals surface area (Å²) >= 11 is 13.0. The number of methoxy groups -OCH3 is 1. The average Bonchev–Trinajstić information content (AvgIpc) is 2.67. The molecule has 0 N–H and O–H groups in total. The van der Waals surface area contributed by atoms with Gasteiger partial charge in [0.1, 0.15) is 5.15 Å². The number of carbonyl (C=O) groups excluding carboxylic acids is 1. The number of esters is 1. The van der Waals surface area contributed by atoms with E-state index >= 15 is 0 Å². The Morgan fingerprint density at radius 1 is 1.21 bits per heavy atom. The third kappa shape index (κ3) is 12.6. The SMILES string of the molecule is CCOC(=S)SC(CCCCCCCCC(=O)OC)CCc1ccnc(Cl)c1. The number of nitrogens with zero attached hydrogens (tertiary/aromatic N) is 1. The molecule has 1 heterocycles. The van der Waals surface area contributed by atoms with Gasteiger partial charge in [0.15, 0.2) is 0 Å². The zero-order chi connectivity index (χ0) is 20.6. The van der Waals surface area contributed by atoms with Crippen molar-refractivity contribution in [1.82, 2.24) is 4.98 Å². The van der Waals surface area contributed by atoms with Crippen LogP contribution in [0, 0.1) is 0 Å². The van der Waals surface area contributed by atoms with Crippen LogP contribution in [-0.4, -0.2) is 34.3 Å². The van der Waals surface area contributed by atoms with Gasteiger partial charge < -0.3 is 9.47 Å². The van der Waals surface area contributed by atoms with Gasteiger partial charge in [-0.05, 0) is 62.5 Å². The van der Waals surface area contributed by atoms with E-state index in [1.165, 1.54) is 38.4 Å². The zero-order valence-corrected chi connectivity index (χ0v) is 19.3. The number of aryl methyl sites for hydroxylation is 1. The van der Waals surface area contributed by atoms with E-state index in [4.69, 9.17) is 28.6 Å². The maximum absolute atomic E-state index is 11.1. The Morgan fingerprint density at radius 2 is 1.93 bits per heavy atom. The third-order valence-electron chi connectivity index (χ3n) is 4.46. The minimum absolute atomic E-state index is 0.111. The van der Waals surface area contributed by atoms with Crippen LogP contribution >= 0.6 is 35.6 Å². The smallest absolute Gasteiger partial charge is 0.305 e. The molecule has 7 heteroatoms. The summed E-state index contributed by atoms with van der Waals surface area (Å²) in [6.45, 7) is 2.57. The number of aromatic nitrogens is 1. The number of halogens is 1. The number of thioether (sulfide) groups is 1. The van der Waals surface area contributed by atoms with Gasteiger partial charge in [-0.2, -0.15) is 0 Å². The van der Waals surface area contributed by atoms with Gasteiger partial charge in [0.2, 0.25) is 4.38 Å². The number of ether oxygens (including phenoxy) is 2. The maximum Gasteiger partial charge on any atom is 0.305 e. The standard InChI is InChI=1S/C21H32ClNO3S2/c1-3-26-21(27)28-18(13-12-17-14-15-23-19(22)16-17)10-8-6-4-5-7-9-11-20(24)25-2/h14-16,18H,3-13H2,1-2H3. The summed E-state index contributed by atoms with van der Waals surface area (Å²) in [4.78, 5) is 15.1. The Morgan fingerprint density at radius 3 is 2.61 bits per heavy atom. The maximum atomic E-state index is 11.1. The molecule has 1 rings (SSSR count). The Kier molecular flexibility index (Phi) is 14.4. The molecule has 1 unspecified atom stereocenters. The van der Waals surface area contributed by atoms with E-state index < -0.39 is 0 Å². The minimum atomic E-state index is -0.111. The summed E-state index contributed by atoms with van der Waals surface area (Å²) < 4.78 is 10.8. The van der Waals surface area contributed by atoms with Crippen LogP contribution in [-0.2, 0) is 20.7 Å². The summed E-state index contributed by atoms with van der Waals surface area (Å²) in [5.41, 5.74) is 1.21. The highest BCUT2D eigenvalue weighted by molar-refractivity contribution is 8.23. The van der Waals surface area contributed by atoms with Crippen LogP contribution in [0.15, 0.2) is 18.3 Å². The molecule has 0 saturated carbocycles. The molecule has 158 valence electrons. The summed E-state index contributed by atoms with van der Waals surface area (Å²) in [6.07, 6.45) is 12.2. The molecule has 0 aliphatic heterocycles. The van der Waals surface area contributed by atoms with Gasteiger partial charge >= 0.3 is 5.97 Å². The zero-order valence-electron chi connectivity index (χ0n) is 17.0. The second-order valence-corrected chi connectivity index (χ2v) is 8.97. The predicted octanol–water partition coefficient (Wildman–Crippen LogP) is 6.38. The molecule has 1 atom stereocenters. The van der Waals surface area contributed by atoms with Crippen molar-refractivity contribution in [2.75, 3.05) is 13.7 Å². The lowest BCUT2D eigenvalue weighted by molar-refractivity contribution is -0.140. The first kappa shape index (κ1) is 25.2. The highest BCUT2D eigenvalue weighted by Gasteiger charge is 2.13. The molecule has 0 bridgehead atoms. The van der Waals surface area contributed by atoms with Crippen LogP contribution in [0.2, 0.25) is 5.15 Å². The fraction of sp³-hybridized carbons (Fsp3) is 0.667. The Balaban J connectivity index is 2.29. The molecule has 1 aromatic heterocycles. The van der Waals surface area contributed by atoms with Crippen molar-refractivity contribution in [2.45, 2.75) is 76.4 Å². The molecule has 0 aromatic carbocycles. The third-order valence-corrected chi connectivity index (χ3v) is 6.18. The fourth-order valence-electron chi connectivity index (χ4n) is 2.93. The van der Waals surface area contributed by atoms with E-state index in [0.717, 1.165) is 32.1 Å². The first-order valence-electron chi connectivity index (χ1n) is 10.1. The summed E-state index contributed by atoms with van der Waals surface area (Å²) in [5, 5.41) is 0.990. The van der Waals surface area contributed by atoms with Crippen molar-refractivity contribution >= 4 is 45.9 Å². The number of hydrogen-bond donors (Lipinski definition) is 0. The average molecular weight is 446 g/mol. The molecular weight excluding hydrogens is 414 g/mol. The molecule has 1 aromatic rings. The van der Waals surface area contributed by atoms with Gasteiger partial charge in [-0.25, -0.2) is 4.98 Å². The first-order valence-corrected chi connectivity index (χ1v) is 11.7. The van der Waals surface area contributed by atoms with Gasteiger partial charge in [-0.15, -0.1) is 0 Å². The van der Waals surface area contributed by atoms with Gasteiger partial charge in [-0.1, -0.05) is 55.5 Å². The number of rotatable bonds is 14. The van der Waals surface area contributed by atoms with Gasteiger partial charge in [0, 0.05) is 17.9 Å². The Bertz CT molecular complexity index is 587. The minimum Gasteiger partial charge on any atom is -0.479 e. The molecule has 0 spiro atoms. The van der Waals surface area contributed by atoms with Crippen LogP contribution in [0.1, 0.15) is 70.3 Å². The molecule has 28 heavy (non-hydrogen) atoms. The normalized spacial score (nSPS) is 11.8. The van der Waals surface area contributed by atoms with Crippen molar-refractivity contribution in [3.63, 3.8) is 0 Å². The summed E-state index contributed by atoms with van der Waals surface area (Å²) in [5.74, 6) is -0.111. The van der Waals surface area contributed by atoms with E-state index in [2.05, 4.69) is 9.72 Å². The predicted molar refractivity (Wildman–Crippen MR) is 122 cm³/mol. The lowest BCUT2D eigenvalue weighted by Gasteiger charge is -2.17. The topological polar surface area (TPSA) is 48.4 Å². The molecule has 4 nitrogen and oxygen atoms in total. The highest BCUT2D eigenvalue weighted by Crippen LogP contribution is 2.26. The van der Waals surface area contributed by atoms with Gasteiger partial charge in [-0.3, -0.25) is 4.79 Å². The van der Waals surface area contributed by atoms with Crippen molar-refractivity contribution in [3.8, 4) is 0 Å². The van der Waals surface area contributed by atoms with Crippen molar-refractivity contribution in [1.29, 1.82) is 0 Å². The molecule has 0 aliphatic rings. The lowest BCUT2D eigenvalue weighted by atomic mass is 10.0. The van der Waals surface area contributed by atoms with Gasteiger partial charge in [0.05, 0.1) is 13.7 Å². The van der Waals surface area contributed by atoms with Crippen molar-refractivity contribution < 1.29 is 14.3 Å². The number of hydrogen-bond acceptors (Lipinski definition) is 6. The lowest BCUT2D eigenvalue weighted by Crippen LogP contribution is -2.10. The molecule has 0 aliphatic carbocycles. The van der Waals surface area contributed by atoms with E-state index in [9.17, 15) is 4.79 Å². The van der Waals surface area contributed by atoms with Crippen molar-refractivity contribution in [3.05, 3.63) is 29.0 Å². The fourth-order valence-corrected chi connectivity index (χ4v) is 4.63. The van der Waals surface area contributed by atoms with Crippen LogP contribution < -0.4 is 0 Å². The monoisotopic (exact) mass is 445 g/mol. The molecule has 0 amide bonds.